The first-order chi connectivity index (χ1) is 16.2. The molecule has 0 aliphatic carbocycles. The lowest BCUT2D eigenvalue weighted by Gasteiger charge is -2.25. The number of amides is 3. The second-order valence-electron chi connectivity index (χ2n) is 10.1. The van der Waals surface area contributed by atoms with Crippen LogP contribution in [0.3, 0.4) is 0 Å². The minimum atomic E-state index is -0.871. The van der Waals surface area contributed by atoms with E-state index in [1.165, 1.54) is 19.9 Å². The van der Waals surface area contributed by atoms with Crippen LogP contribution in [-0.2, 0) is 25.5 Å². The van der Waals surface area contributed by atoms with E-state index in [-0.39, 0.29) is 29.5 Å². The van der Waals surface area contributed by atoms with Gasteiger partial charge in [-0.3, -0.25) is 9.59 Å². The third-order valence-corrected chi connectivity index (χ3v) is 5.41. The number of anilines is 1. The summed E-state index contributed by atoms with van der Waals surface area (Å²) in [5, 5.41) is 27.8. The molecule has 0 spiro atoms. The molecule has 11 nitrogen and oxygen atoms in total. The highest BCUT2D eigenvalue weighted by atomic mass is 16.7. The van der Waals surface area contributed by atoms with Gasteiger partial charge in [-0.1, -0.05) is 13.0 Å². The first-order valence-corrected chi connectivity index (χ1v) is 11.7. The molecule has 0 bridgehead atoms. The predicted octanol–water partition coefficient (Wildman–Crippen LogP) is 1.36. The molecule has 0 saturated carbocycles. The third kappa shape index (κ3) is 9.35. The number of phenols is 1. The van der Waals surface area contributed by atoms with E-state index < -0.39 is 41.9 Å². The second-order valence-corrected chi connectivity index (χ2v) is 10.1. The maximum absolute atomic E-state index is 12.5. The lowest BCUT2D eigenvalue weighted by molar-refractivity contribution is -0.126. The smallest absolute Gasteiger partial charge is 0.407 e. The SMILES string of the molecule is C[C@H](N)C(=O)N[C@@H](C)C(=O)Nc1cc(C[C@@H](C[C@H](C)C2OC2O)NC(=O)OC(C)(C)C)ccc1O. The Labute approximate surface area is 205 Å². The Bertz CT molecular complexity index is 916. The molecule has 7 N–H and O–H groups in total. The van der Waals surface area contributed by atoms with Crippen LogP contribution in [-0.4, -0.2) is 64.2 Å². The van der Waals surface area contributed by atoms with Crippen molar-refractivity contribution in [3.8, 4) is 5.75 Å². The van der Waals surface area contributed by atoms with Crippen LogP contribution in [0.2, 0.25) is 0 Å². The lowest BCUT2D eigenvalue weighted by Crippen LogP contribution is -2.47. The fraction of sp³-hybridized carbons (Fsp3) is 0.625. The van der Waals surface area contributed by atoms with Gasteiger partial charge in [0.05, 0.1) is 11.7 Å². The molecule has 2 unspecified atom stereocenters. The molecule has 6 atom stereocenters. The number of phenolic OH excluding ortho intramolecular Hbond substituents is 1. The van der Waals surface area contributed by atoms with Gasteiger partial charge in [0.1, 0.15) is 23.5 Å². The van der Waals surface area contributed by atoms with Crippen LogP contribution >= 0.6 is 0 Å². The average molecular weight is 495 g/mol. The molecular formula is C24H38N4O7. The van der Waals surface area contributed by atoms with Crippen LogP contribution in [0.15, 0.2) is 18.2 Å². The van der Waals surface area contributed by atoms with Gasteiger partial charge in [-0.05, 0) is 71.1 Å². The summed E-state index contributed by atoms with van der Waals surface area (Å²) < 4.78 is 10.5. The number of hydrogen-bond acceptors (Lipinski definition) is 8. The maximum atomic E-state index is 12.5. The van der Waals surface area contributed by atoms with Gasteiger partial charge in [0.25, 0.3) is 0 Å². The summed E-state index contributed by atoms with van der Waals surface area (Å²) >= 11 is 0. The molecule has 2 rings (SSSR count). The molecule has 0 aromatic heterocycles. The summed E-state index contributed by atoms with van der Waals surface area (Å²) in [4.78, 5) is 36.7. The molecule has 35 heavy (non-hydrogen) atoms. The number of hydrogen-bond donors (Lipinski definition) is 6. The van der Waals surface area contributed by atoms with Crippen LogP contribution in [0.25, 0.3) is 0 Å². The summed E-state index contributed by atoms with van der Waals surface area (Å²) in [5.74, 6) is -1.17. The summed E-state index contributed by atoms with van der Waals surface area (Å²) in [7, 11) is 0. The second kappa shape index (κ2) is 11.7. The largest absolute Gasteiger partial charge is 0.506 e. The quantitative estimate of drug-likeness (QED) is 0.209. The number of nitrogens with one attached hydrogen (secondary N) is 3. The molecule has 1 aliphatic rings. The standard InChI is InChI=1S/C24H38N4O7/c1-12(19-22(32)34-19)9-16(27-23(33)35-24(4,5)6)10-15-7-8-18(29)17(11-15)28-21(31)14(3)26-20(30)13(2)25/h7-8,11-14,16,19,22,29,32H,9-10,25H2,1-6H3,(H,26,30)(H,27,33)(H,28,31)/t12-,13-,14-,16+,19?,22?/m0/s1. The van der Waals surface area contributed by atoms with Crippen molar-refractivity contribution in [2.24, 2.45) is 11.7 Å². The average Bonchev–Trinajstić information content (AvgIpc) is 3.45. The van der Waals surface area contributed by atoms with Gasteiger partial charge in [-0.25, -0.2) is 4.79 Å². The predicted molar refractivity (Wildman–Crippen MR) is 130 cm³/mol. The Kier molecular flexibility index (Phi) is 9.47. The van der Waals surface area contributed by atoms with Gasteiger partial charge in [-0.15, -0.1) is 0 Å². The number of epoxide rings is 1. The van der Waals surface area contributed by atoms with Crippen LogP contribution in [0.1, 0.15) is 53.5 Å². The minimum Gasteiger partial charge on any atom is -0.506 e. The van der Waals surface area contributed by atoms with Crippen LogP contribution in [0.5, 0.6) is 5.75 Å². The van der Waals surface area contributed by atoms with Crippen LogP contribution in [0.4, 0.5) is 10.5 Å². The molecule has 1 aliphatic heterocycles. The summed E-state index contributed by atoms with van der Waals surface area (Å²) in [6.45, 7) is 10.2. The number of nitrogens with two attached hydrogens (primary N) is 1. The van der Waals surface area contributed by atoms with E-state index in [0.717, 1.165) is 5.56 Å². The number of ether oxygens (including phenoxy) is 2. The molecule has 1 heterocycles. The summed E-state index contributed by atoms with van der Waals surface area (Å²) in [6, 6.07) is 2.73. The number of aromatic hydroxyl groups is 1. The topological polar surface area (TPSA) is 176 Å². The van der Waals surface area contributed by atoms with E-state index in [0.29, 0.717) is 12.8 Å². The first-order valence-electron chi connectivity index (χ1n) is 11.7. The highest BCUT2D eigenvalue weighted by Gasteiger charge is 2.42. The van der Waals surface area contributed by atoms with Gasteiger partial charge in [0, 0.05) is 6.04 Å². The zero-order valence-electron chi connectivity index (χ0n) is 21.1. The monoisotopic (exact) mass is 494 g/mol. The highest BCUT2D eigenvalue weighted by molar-refractivity contribution is 5.98. The van der Waals surface area contributed by atoms with Crippen LogP contribution < -0.4 is 21.7 Å². The number of benzene rings is 1. The Morgan fingerprint density at radius 1 is 1.14 bits per heavy atom. The Balaban J connectivity index is 2.12. The molecule has 1 aromatic rings. The Hall–Kier alpha value is -2.89. The summed E-state index contributed by atoms with van der Waals surface area (Å²) in [6.07, 6.45) is -0.790. The number of alkyl carbamates (subject to hydrolysis) is 1. The Morgan fingerprint density at radius 3 is 2.31 bits per heavy atom. The minimum absolute atomic E-state index is 0.0318. The van der Waals surface area contributed by atoms with Crippen molar-refractivity contribution in [1.29, 1.82) is 0 Å². The fourth-order valence-corrected chi connectivity index (χ4v) is 3.53. The fourth-order valence-electron chi connectivity index (χ4n) is 3.53. The molecule has 196 valence electrons. The molecule has 0 radical (unpaired) electrons. The van der Waals surface area contributed by atoms with Gasteiger partial charge >= 0.3 is 6.09 Å². The zero-order chi connectivity index (χ0) is 26.5. The van der Waals surface area contributed by atoms with E-state index in [9.17, 15) is 24.6 Å². The van der Waals surface area contributed by atoms with Crippen molar-refractivity contribution in [2.45, 2.75) is 90.5 Å². The van der Waals surface area contributed by atoms with E-state index in [1.54, 1.807) is 32.9 Å². The molecule has 3 amide bonds. The van der Waals surface area contributed by atoms with Gasteiger partial charge in [0.2, 0.25) is 11.8 Å². The van der Waals surface area contributed by atoms with Gasteiger partial charge in [-0.2, -0.15) is 0 Å². The molecule has 1 aromatic carbocycles. The number of aliphatic hydroxyl groups excluding tert-OH is 1. The van der Waals surface area contributed by atoms with Crippen LogP contribution in [0, 0.1) is 5.92 Å². The lowest BCUT2D eigenvalue weighted by atomic mass is 9.93. The van der Waals surface area contributed by atoms with Crippen molar-refractivity contribution in [1.82, 2.24) is 10.6 Å². The van der Waals surface area contributed by atoms with Crippen molar-refractivity contribution < 1.29 is 34.1 Å². The van der Waals surface area contributed by atoms with Gasteiger partial charge < -0.3 is 41.4 Å². The van der Waals surface area contributed by atoms with Crippen molar-refractivity contribution in [3.05, 3.63) is 23.8 Å². The van der Waals surface area contributed by atoms with E-state index >= 15 is 0 Å². The molecule has 1 saturated heterocycles. The molecular weight excluding hydrogens is 456 g/mol. The van der Waals surface area contributed by atoms with Crippen molar-refractivity contribution >= 4 is 23.6 Å². The van der Waals surface area contributed by atoms with E-state index in [2.05, 4.69) is 16.0 Å². The highest BCUT2D eigenvalue weighted by Crippen LogP contribution is 2.31. The zero-order valence-corrected chi connectivity index (χ0v) is 21.1. The van der Waals surface area contributed by atoms with Crippen molar-refractivity contribution in [3.63, 3.8) is 0 Å². The number of aliphatic hydroxyl groups is 1. The third-order valence-electron chi connectivity index (χ3n) is 5.41. The van der Waals surface area contributed by atoms with Crippen molar-refractivity contribution in [2.75, 3.05) is 5.32 Å². The normalized spacial score (nSPS) is 20.7. The number of rotatable bonds is 10. The maximum Gasteiger partial charge on any atom is 0.407 e. The van der Waals surface area contributed by atoms with Gasteiger partial charge in [0.15, 0.2) is 6.29 Å². The first kappa shape index (κ1) is 28.3. The molecule has 1 fully saturated rings. The molecule has 11 heteroatoms. The number of carbonyl (C=O) groups is 3. The van der Waals surface area contributed by atoms with E-state index in [1.807, 2.05) is 6.92 Å². The van der Waals surface area contributed by atoms with E-state index in [4.69, 9.17) is 15.2 Å². The number of carbonyl (C=O) groups excluding carboxylic acids is 3. The Morgan fingerprint density at radius 2 is 1.77 bits per heavy atom. The summed E-state index contributed by atoms with van der Waals surface area (Å²) in [5.41, 5.74) is 5.75.